The number of amides is 2. The zero-order chi connectivity index (χ0) is 21.1. The van der Waals surface area contributed by atoms with Gasteiger partial charge in [-0.3, -0.25) is 0 Å². The lowest BCUT2D eigenvalue weighted by molar-refractivity contribution is -0.137. The summed E-state index contributed by atoms with van der Waals surface area (Å²) in [6, 6.07) is 7.44. The van der Waals surface area contributed by atoms with E-state index in [4.69, 9.17) is 0 Å². The van der Waals surface area contributed by atoms with E-state index in [0.29, 0.717) is 11.8 Å². The topological polar surface area (TPSA) is 41.1 Å². The van der Waals surface area contributed by atoms with Crippen molar-refractivity contribution in [2.45, 2.75) is 52.3 Å². The first-order valence-electron chi connectivity index (χ1n) is 9.03. The molecule has 0 aliphatic heterocycles. The van der Waals surface area contributed by atoms with Crippen LogP contribution in [0.4, 0.5) is 28.0 Å². The monoisotopic (exact) mass is 396 g/mol. The fourth-order valence-electron chi connectivity index (χ4n) is 2.95. The van der Waals surface area contributed by atoms with Crippen molar-refractivity contribution >= 4 is 11.7 Å². The third-order valence-corrected chi connectivity index (χ3v) is 4.35. The van der Waals surface area contributed by atoms with Gasteiger partial charge in [-0.15, -0.1) is 0 Å². The van der Waals surface area contributed by atoms with Crippen LogP contribution in [0, 0.1) is 5.82 Å². The molecular formula is C21H24F4N2O. The molecule has 0 spiro atoms. The Bertz CT molecular complexity index is 819. The van der Waals surface area contributed by atoms with Gasteiger partial charge in [0.15, 0.2) is 0 Å². The molecule has 0 aromatic heterocycles. The van der Waals surface area contributed by atoms with Gasteiger partial charge in [-0.05, 0) is 46.7 Å². The van der Waals surface area contributed by atoms with E-state index in [-0.39, 0.29) is 23.9 Å². The SMILES string of the molecule is CC(C)c1cccc(C(C)C)c1NC(=O)NCc1cc(F)cc(C(F)(F)F)c1. The molecule has 0 atom stereocenters. The highest BCUT2D eigenvalue weighted by atomic mass is 19.4. The van der Waals surface area contributed by atoms with Crippen molar-refractivity contribution in [1.29, 1.82) is 0 Å². The van der Waals surface area contributed by atoms with Crippen molar-refractivity contribution in [3.05, 3.63) is 64.5 Å². The summed E-state index contributed by atoms with van der Waals surface area (Å²) in [5.41, 5.74) is 1.57. The molecule has 2 rings (SSSR count). The Hall–Kier alpha value is -2.57. The second-order valence-electron chi connectivity index (χ2n) is 7.27. The maximum Gasteiger partial charge on any atom is 0.416 e. The van der Waals surface area contributed by atoms with Crippen LogP contribution in [0.15, 0.2) is 36.4 Å². The second kappa shape index (κ2) is 8.63. The fraction of sp³-hybridized carbons (Fsp3) is 0.381. The van der Waals surface area contributed by atoms with Gasteiger partial charge in [0.05, 0.1) is 5.56 Å². The minimum atomic E-state index is -4.65. The van der Waals surface area contributed by atoms with Crippen LogP contribution in [-0.2, 0) is 12.7 Å². The largest absolute Gasteiger partial charge is 0.416 e. The summed E-state index contributed by atoms with van der Waals surface area (Å²) in [6.07, 6.45) is -4.65. The van der Waals surface area contributed by atoms with E-state index in [9.17, 15) is 22.4 Å². The molecule has 0 aliphatic carbocycles. The molecule has 0 bridgehead atoms. The fourth-order valence-corrected chi connectivity index (χ4v) is 2.95. The maximum atomic E-state index is 13.5. The number of anilines is 1. The molecule has 2 aromatic rings. The first-order valence-corrected chi connectivity index (χ1v) is 9.03. The number of rotatable bonds is 5. The Morgan fingerprint density at radius 2 is 1.57 bits per heavy atom. The van der Waals surface area contributed by atoms with Crippen LogP contribution in [-0.4, -0.2) is 6.03 Å². The molecule has 152 valence electrons. The van der Waals surface area contributed by atoms with Gasteiger partial charge in [0, 0.05) is 12.2 Å². The van der Waals surface area contributed by atoms with Crippen LogP contribution >= 0.6 is 0 Å². The van der Waals surface area contributed by atoms with E-state index in [2.05, 4.69) is 10.6 Å². The highest BCUT2D eigenvalue weighted by molar-refractivity contribution is 5.91. The smallest absolute Gasteiger partial charge is 0.334 e. The van der Waals surface area contributed by atoms with Crippen molar-refractivity contribution in [1.82, 2.24) is 5.32 Å². The van der Waals surface area contributed by atoms with Gasteiger partial charge in [-0.2, -0.15) is 13.2 Å². The number of alkyl halides is 3. The number of carbonyl (C=O) groups is 1. The number of urea groups is 1. The normalized spacial score (nSPS) is 11.8. The highest BCUT2D eigenvalue weighted by Gasteiger charge is 2.31. The quantitative estimate of drug-likeness (QED) is 0.563. The lowest BCUT2D eigenvalue weighted by Crippen LogP contribution is -2.29. The van der Waals surface area contributed by atoms with E-state index >= 15 is 0 Å². The second-order valence-corrected chi connectivity index (χ2v) is 7.27. The molecule has 0 aliphatic rings. The molecule has 28 heavy (non-hydrogen) atoms. The summed E-state index contributed by atoms with van der Waals surface area (Å²) in [5.74, 6) is -0.655. The summed E-state index contributed by atoms with van der Waals surface area (Å²) < 4.78 is 51.9. The van der Waals surface area contributed by atoms with Crippen LogP contribution < -0.4 is 10.6 Å². The van der Waals surface area contributed by atoms with Gasteiger partial charge in [-0.1, -0.05) is 45.9 Å². The van der Waals surface area contributed by atoms with Crippen molar-refractivity contribution in [2.24, 2.45) is 0 Å². The Balaban J connectivity index is 2.17. The summed E-state index contributed by atoms with van der Waals surface area (Å²) in [5, 5.41) is 5.31. The zero-order valence-electron chi connectivity index (χ0n) is 16.2. The lowest BCUT2D eigenvalue weighted by atomic mass is 9.93. The molecule has 0 fully saturated rings. The Kier molecular flexibility index (Phi) is 6.69. The molecule has 7 heteroatoms. The van der Waals surface area contributed by atoms with Crippen LogP contribution in [0.2, 0.25) is 0 Å². The predicted molar refractivity (Wildman–Crippen MR) is 102 cm³/mol. The zero-order valence-corrected chi connectivity index (χ0v) is 16.2. The van der Waals surface area contributed by atoms with E-state index in [1.165, 1.54) is 0 Å². The number of carbonyl (C=O) groups excluding carboxylic acids is 1. The van der Waals surface area contributed by atoms with Gasteiger partial charge >= 0.3 is 12.2 Å². The van der Waals surface area contributed by atoms with E-state index in [0.717, 1.165) is 23.3 Å². The van der Waals surface area contributed by atoms with Gasteiger partial charge < -0.3 is 10.6 Å². The number of nitrogens with one attached hydrogen (secondary N) is 2. The molecule has 0 saturated carbocycles. The summed E-state index contributed by atoms with van der Waals surface area (Å²) in [7, 11) is 0. The molecule has 0 unspecified atom stereocenters. The van der Waals surface area contributed by atoms with Crippen molar-refractivity contribution < 1.29 is 22.4 Å². The number of para-hydroxylation sites is 1. The third-order valence-electron chi connectivity index (χ3n) is 4.35. The van der Waals surface area contributed by atoms with Crippen molar-refractivity contribution in [2.75, 3.05) is 5.32 Å². The highest BCUT2D eigenvalue weighted by Crippen LogP contribution is 2.32. The molecule has 0 saturated heterocycles. The molecule has 3 nitrogen and oxygen atoms in total. The third kappa shape index (κ3) is 5.47. The Morgan fingerprint density at radius 3 is 2.07 bits per heavy atom. The number of hydrogen-bond donors (Lipinski definition) is 2. The van der Waals surface area contributed by atoms with Gasteiger partial charge in [-0.25, -0.2) is 9.18 Å². The first kappa shape index (κ1) is 21.7. The minimum Gasteiger partial charge on any atom is -0.334 e. The van der Waals surface area contributed by atoms with Gasteiger partial charge in [0.1, 0.15) is 5.82 Å². The maximum absolute atomic E-state index is 13.5. The molecule has 2 N–H and O–H groups in total. The Labute approximate surface area is 162 Å². The Morgan fingerprint density at radius 1 is 1.00 bits per heavy atom. The van der Waals surface area contributed by atoms with Crippen LogP contribution in [0.3, 0.4) is 0 Å². The molecular weight excluding hydrogens is 372 g/mol. The van der Waals surface area contributed by atoms with E-state index < -0.39 is 23.6 Å². The molecule has 2 amide bonds. The average molecular weight is 396 g/mol. The molecule has 2 aromatic carbocycles. The van der Waals surface area contributed by atoms with E-state index in [1.54, 1.807) is 0 Å². The number of hydrogen-bond acceptors (Lipinski definition) is 1. The van der Waals surface area contributed by atoms with Crippen LogP contribution in [0.1, 0.15) is 61.8 Å². The summed E-state index contributed by atoms with van der Waals surface area (Å²) in [4.78, 5) is 12.4. The van der Waals surface area contributed by atoms with Crippen LogP contribution in [0.25, 0.3) is 0 Å². The summed E-state index contributed by atoms with van der Waals surface area (Å²) >= 11 is 0. The van der Waals surface area contributed by atoms with Gasteiger partial charge in [0.25, 0.3) is 0 Å². The molecule has 0 heterocycles. The number of halogens is 4. The lowest BCUT2D eigenvalue weighted by Gasteiger charge is -2.20. The van der Waals surface area contributed by atoms with Crippen molar-refractivity contribution in [3.8, 4) is 0 Å². The van der Waals surface area contributed by atoms with E-state index in [1.807, 2.05) is 45.9 Å². The minimum absolute atomic E-state index is 0.0312. The average Bonchev–Trinajstić information content (AvgIpc) is 2.58. The van der Waals surface area contributed by atoms with Crippen molar-refractivity contribution in [3.63, 3.8) is 0 Å². The summed E-state index contributed by atoms with van der Waals surface area (Å²) in [6.45, 7) is 7.80. The van der Waals surface area contributed by atoms with Crippen LogP contribution in [0.5, 0.6) is 0 Å². The first-order chi connectivity index (χ1) is 13.0. The number of benzene rings is 2. The van der Waals surface area contributed by atoms with Gasteiger partial charge in [0.2, 0.25) is 0 Å². The standard InChI is InChI=1S/C21H24F4N2O/c1-12(2)17-6-5-7-18(13(3)4)19(17)27-20(28)26-11-14-8-15(21(23,24)25)10-16(22)9-14/h5-10,12-13H,11H2,1-4H3,(H2,26,27,28). The molecule has 0 radical (unpaired) electrons. The predicted octanol–water partition coefficient (Wildman–Crippen LogP) is 6.41.